The highest BCUT2D eigenvalue weighted by molar-refractivity contribution is 5.94. The fraction of sp³-hybridized carbons (Fsp3) is 0.385. The van der Waals surface area contributed by atoms with E-state index in [1.54, 1.807) is 6.92 Å². The van der Waals surface area contributed by atoms with Crippen molar-refractivity contribution in [1.82, 2.24) is 5.32 Å². The molecule has 0 aliphatic rings. The highest BCUT2D eigenvalue weighted by Gasteiger charge is 2.17. The monoisotopic (exact) mass is 289 g/mol. The van der Waals surface area contributed by atoms with Crippen molar-refractivity contribution >= 4 is 11.9 Å². The Balaban J connectivity index is 2.69. The van der Waals surface area contributed by atoms with Crippen LogP contribution in [0.3, 0.4) is 0 Å². The van der Waals surface area contributed by atoms with Gasteiger partial charge in [-0.2, -0.15) is 0 Å². The number of carbonyl (C=O) groups is 2. The number of hydrogen-bond donors (Lipinski definition) is 2. The Morgan fingerprint density at radius 3 is 2.25 bits per heavy atom. The van der Waals surface area contributed by atoms with Gasteiger partial charge in [-0.15, -0.1) is 0 Å². The number of hydrogen-bond acceptors (Lipinski definition) is 2. The molecule has 0 saturated carbocycles. The standard InChI is InChI=1S/C13H14F3NO3/c1-2-7(3-11(18)19)6-17-13(20)8-4-9(14)12(16)10(15)5-8/h4-5,7H,2-3,6H2,1H3,(H,17,20)(H,18,19). The molecule has 0 spiro atoms. The van der Waals surface area contributed by atoms with Gasteiger partial charge in [-0.25, -0.2) is 13.2 Å². The first-order valence-electron chi connectivity index (χ1n) is 5.99. The summed E-state index contributed by atoms with van der Waals surface area (Å²) < 4.78 is 38.7. The van der Waals surface area contributed by atoms with Crippen LogP contribution in [0.4, 0.5) is 13.2 Å². The maximum absolute atomic E-state index is 13.0. The molecule has 4 nitrogen and oxygen atoms in total. The first kappa shape index (κ1) is 16.0. The largest absolute Gasteiger partial charge is 0.481 e. The van der Waals surface area contributed by atoms with Gasteiger partial charge in [-0.1, -0.05) is 13.3 Å². The van der Waals surface area contributed by atoms with E-state index in [0.717, 1.165) is 0 Å². The lowest BCUT2D eigenvalue weighted by atomic mass is 10.0. The average molecular weight is 289 g/mol. The average Bonchev–Trinajstić information content (AvgIpc) is 2.39. The molecular formula is C13H14F3NO3. The third-order valence-electron chi connectivity index (χ3n) is 2.84. The molecule has 1 unspecified atom stereocenters. The summed E-state index contributed by atoms with van der Waals surface area (Å²) in [5.41, 5.74) is -0.355. The van der Waals surface area contributed by atoms with Gasteiger partial charge in [0, 0.05) is 18.5 Å². The van der Waals surface area contributed by atoms with Crippen molar-refractivity contribution in [2.75, 3.05) is 6.54 Å². The van der Waals surface area contributed by atoms with Crippen molar-refractivity contribution in [2.24, 2.45) is 5.92 Å². The van der Waals surface area contributed by atoms with Gasteiger partial charge >= 0.3 is 5.97 Å². The molecule has 0 aliphatic carbocycles. The van der Waals surface area contributed by atoms with E-state index in [4.69, 9.17) is 5.11 Å². The topological polar surface area (TPSA) is 66.4 Å². The molecule has 0 aliphatic heterocycles. The highest BCUT2D eigenvalue weighted by atomic mass is 19.2. The molecule has 0 heterocycles. The normalized spacial score (nSPS) is 12.0. The van der Waals surface area contributed by atoms with E-state index in [9.17, 15) is 22.8 Å². The summed E-state index contributed by atoms with van der Waals surface area (Å²) in [6, 6.07) is 1.18. The van der Waals surface area contributed by atoms with Crippen LogP contribution in [0.1, 0.15) is 30.1 Å². The number of aliphatic carboxylic acids is 1. The zero-order chi connectivity index (χ0) is 15.3. The Morgan fingerprint density at radius 1 is 1.25 bits per heavy atom. The van der Waals surface area contributed by atoms with Gasteiger partial charge in [-0.3, -0.25) is 9.59 Å². The number of benzene rings is 1. The van der Waals surface area contributed by atoms with Gasteiger partial charge < -0.3 is 10.4 Å². The molecular weight excluding hydrogens is 275 g/mol. The second-order valence-corrected chi connectivity index (χ2v) is 4.34. The van der Waals surface area contributed by atoms with Crippen molar-refractivity contribution in [3.8, 4) is 0 Å². The van der Waals surface area contributed by atoms with Gasteiger partial charge in [0.05, 0.1) is 0 Å². The van der Waals surface area contributed by atoms with Crippen LogP contribution in [0.2, 0.25) is 0 Å². The van der Waals surface area contributed by atoms with Crippen LogP contribution in [0, 0.1) is 23.4 Å². The van der Waals surface area contributed by atoms with Crippen LogP contribution >= 0.6 is 0 Å². The third-order valence-corrected chi connectivity index (χ3v) is 2.84. The van der Waals surface area contributed by atoms with Crippen LogP contribution < -0.4 is 5.32 Å². The van der Waals surface area contributed by atoms with Crippen LogP contribution in [-0.4, -0.2) is 23.5 Å². The summed E-state index contributed by atoms with van der Waals surface area (Å²) in [7, 11) is 0. The predicted molar refractivity (Wildman–Crippen MR) is 64.7 cm³/mol. The molecule has 0 radical (unpaired) electrons. The summed E-state index contributed by atoms with van der Waals surface area (Å²) in [4.78, 5) is 22.2. The zero-order valence-corrected chi connectivity index (χ0v) is 10.8. The molecule has 2 N–H and O–H groups in total. The lowest BCUT2D eigenvalue weighted by Gasteiger charge is -2.13. The minimum Gasteiger partial charge on any atom is -0.481 e. The summed E-state index contributed by atoms with van der Waals surface area (Å²) in [6.07, 6.45) is 0.404. The molecule has 1 rings (SSSR count). The molecule has 110 valence electrons. The minimum atomic E-state index is -1.64. The molecule has 0 bridgehead atoms. The zero-order valence-electron chi connectivity index (χ0n) is 10.8. The molecule has 1 aromatic carbocycles. The Kier molecular flexibility index (Phi) is 5.54. The van der Waals surface area contributed by atoms with Crippen LogP contribution in [-0.2, 0) is 4.79 Å². The number of carboxylic acids is 1. The fourth-order valence-corrected chi connectivity index (χ4v) is 1.63. The number of halogens is 3. The summed E-state index contributed by atoms with van der Waals surface area (Å²) in [5.74, 6) is -6.61. The van der Waals surface area contributed by atoms with Gasteiger partial charge in [-0.05, 0) is 18.1 Å². The van der Waals surface area contributed by atoms with Crippen molar-refractivity contribution < 1.29 is 27.9 Å². The van der Waals surface area contributed by atoms with Gasteiger partial charge in [0.2, 0.25) is 0 Å². The van der Waals surface area contributed by atoms with E-state index in [1.165, 1.54) is 0 Å². The van der Waals surface area contributed by atoms with Gasteiger partial charge in [0.25, 0.3) is 5.91 Å². The predicted octanol–water partition coefficient (Wildman–Crippen LogP) is 2.33. The molecule has 1 amide bonds. The van der Waals surface area contributed by atoms with E-state index in [1.807, 2.05) is 0 Å². The Morgan fingerprint density at radius 2 is 1.80 bits per heavy atom. The summed E-state index contributed by atoms with van der Waals surface area (Å²) >= 11 is 0. The molecule has 1 aromatic rings. The SMILES string of the molecule is CCC(CNC(=O)c1cc(F)c(F)c(F)c1)CC(=O)O. The second kappa shape index (κ2) is 6.93. The third kappa shape index (κ3) is 4.25. The number of carbonyl (C=O) groups excluding carboxylic acids is 1. The molecule has 0 fully saturated rings. The minimum absolute atomic E-state index is 0.0578. The van der Waals surface area contributed by atoms with E-state index >= 15 is 0 Å². The first-order chi connectivity index (χ1) is 9.35. The van der Waals surface area contributed by atoms with E-state index in [2.05, 4.69) is 5.32 Å². The van der Waals surface area contributed by atoms with Crippen molar-refractivity contribution in [2.45, 2.75) is 19.8 Å². The summed E-state index contributed by atoms with van der Waals surface area (Å²) in [5, 5.41) is 11.0. The number of rotatable bonds is 6. The van der Waals surface area contributed by atoms with Crippen LogP contribution in [0.15, 0.2) is 12.1 Å². The highest BCUT2D eigenvalue weighted by Crippen LogP contribution is 2.14. The maximum atomic E-state index is 13.0. The number of carboxylic acid groups (broad SMARTS) is 1. The van der Waals surface area contributed by atoms with Crippen molar-refractivity contribution in [3.05, 3.63) is 35.1 Å². The number of amides is 1. The Labute approximate surface area is 113 Å². The van der Waals surface area contributed by atoms with E-state index < -0.39 is 29.3 Å². The second-order valence-electron chi connectivity index (χ2n) is 4.34. The van der Waals surface area contributed by atoms with Crippen molar-refractivity contribution in [1.29, 1.82) is 0 Å². The van der Waals surface area contributed by atoms with Crippen LogP contribution in [0.25, 0.3) is 0 Å². The Hall–Kier alpha value is -2.05. The molecule has 7 heteroatoms. The van der Waals surface area contributed by atoms with Gasteiger partial charge in [0.15, 0.2) is 17.5 Å². The summed E-state index contributed by atoms with van der Waals surface area (Å²) in [6.45, 7) is 1.82. The van der Waals surface area contributed by atoms with Crippen molar-refractivity contribution in [3.63, 3.8) is 0 Å². The van der Waals surface area contributed by atoms with Crippen LogP contribution in [0.5, 0.6) is 0 Å². The van der Waals surface area contributed by atoms with Gasteiger partial charge in [0.1, 0.15) is 0 Å². The lowest BCUT2D eigenvalue weighted by molar-refractivity contribution is -0.138. The first-order valence-corrected chi connectivity index (χ1v) is 5.99. The quantitative estimate of drug-likeness (QED) is 0.790. The lowest BCUT2D eigenvalue weighted by Crippen LogP contribution is -2.30. The molecule has 1 atom stereocenters. The maximum Gasteiger partial charge on any atom is 0.303 e. The van der Waals surface area contributed by atoms with E-state index in [0.29, 0.717) is 18.6 Å². The Bertz CT molecular complexity index is 497. The number of nitrogens with one attached hydrogen (secondary N) is 1. The molecule has 0 saturated heterocycles. The molecule has 20 heavy (non-hydrogen) atoms. The molecule has 0 aromatic heterocycles. The smallest absolute Gasteiger partial charge is 0.303 e. The fourth-order valence-electron chi connectivity index (χ4n) is 1.63. The van der Waals surface area contributed by atoms with E-state index in [-0.39, 0.29) is 24.4 Å².